The molecule has 0 bridgehead atoms. The van der Waals surface area contributed by atoms with Gasteiger partial charge in [-0.2, -0.15) is 0 Å². The van der Waals surface area contributed by atoms with Crippen molar-refractivity contribution in [1.82, 2.24) is 9.97 Å². The molecule has 0 saturated heterocycles. The third-order valence-corrected chi connectivity index (χ3v) is 5.28. The topological polar surface area (TPSA) is 59.9 Å². The largest absolute Gasteiger partial charge is 0.248 e. The number of fused-ring (bicyclic) bond motifs is 1. The van der Waals surface area contributed by atoms with Crippen LogP contribution in [0.1, 0.15) is 5.69 Å². The standard InChI is InChI=1S/C15H11ClN2O2S/c1-10-15(16)18-14-12(17-10)8-5-9-13(14)21(19,20)11-6-3-2-4-7-11/h2-9H,1H3. The molecular formula is C15H11ClN2O2S. The van der Waals surface area contributed by atoms with Gasteiger partial charge in [-0.3, -0.25) is 0 Å². The van der Waals surface area contributed by atoms with E-state index in [1.54, 1.807) is 49.4 Å². The second kappa shape index (κ2) is 5.09. The third-order valence-electron chi connectivity index (χ3n) is 3.12. The van der Waals surface area contributed by atoms with E-state index in [0.717, 1.165) is 0 Å². The van der Waals surface area contributed by atoms with Crippen LogP contribution in [0, 0.1) is 6.92 Å². The molecule has 3 rings (SSSR count). The second-order valence-corrected chi connectivity index (χ2v) is 6.82. The number of benzene rings is 2. The van der Waals surface area contributed by atoms with Gasteiger partial charge < -0.3 is 0 Å². The molecule has 1 aromatic heterocycles. The molecule has 106 valence electrons. The number of rotatable bonds is 2. The zero-order valence-electron chi connectivity index (χ0n) is 11.1. The number of hydrogen-bond acceptors (Lipinski definition) is 4. The Balaban J connectivity index is 2.33. The number of sulfone groups is 1. The van der Waals surface area contributed by atoms with Crippen molar-refractivity contribution in [2.45, 2.75) is 16.7 Å². The van der Waals surface area contributed by atoms with Crippen LogP contribution in [0.15, 0.2) is 58.3 Å². The summed E-state index contributed by atoms with van der Waals surface area (Å²) in [5, 5.41) is 0.207. The van der Waals surface area contributed by atoms with Gasteiger partial charge in [-0.15, -0.1) is 0 Å². The van der Waals surface area contributed by atoms with Crippen molar-refractivity contribution in [3.05, 3.63) is 59.4 Å². The molecule has 0 atom stereocenters. The zero-order chi connectivity index (χ0) is 15.0. The van der Waals surface area contributed by atoms with Crippen LogP contribution in [0.4, 0.5) is 0 Å². The van der Waals surface area contributed by atoms with E-state index in [0.29, 0.717) is 11.2 Å². The quantitative estimate of drug-likeness (QED) is 0.726. The van der Waals surface area contributed by atoms with Gasteiger partial charge in [0.25, 0.3) is 0 Å². The SMILES string of the molecule is Cc1nc2cccc(S(=O)(=O)c3ccccc3)c2nc1Cl. The smallest absolute Gasteiger partial charge is 0.208 e. The zero-order valence-corrected chi connectivity index (χ0v) is 12.7. The molecule has 3 aromatic rings. The molecule has 4 nitrogen and oxygen atoms in total. The Morgan fingerprint density at radius 3 is 2.38 bits per heavy atom. The molecule has 0 N–H and O–H groups in total. The molecule has 21 heavy (non-hydrogen) atoms. The highest BCUT2D eigenvalue weighted by Gasteiger charge is 2.21. The van der Waals surface area contributed by atoms with Crippen LogP contribution in [0.5, 0.6) is 0 Å². The fraction of sp³-hybridized carbons (Fsp3) is 0.0667. The summed E-state index contributed by atoms with van der Waals surface area (Å²) in [6.07, 6.45) is 0. The molecule has 0 unspecified atom stereocenters. The Morgan fingerprint density at radius 2 is 1.67 bits per heavy atom. The minimum absolute atomic E-state index is 0.112. The molecule has 2 aromatic carbocycles. The first-order valence-electron chi connectivity index (χ1n) is 6.23. The molecule has 0 aliphatic carbocycles. The third kappa shape index (κ3) is 2.39. The summed E-state index contributed by atoms with van der Waals surface area (Å²) in [5.41, 5.74) is 1.37. The number of hydrogen-bond donors (Lipinski definition) is 0. The Hall–Kier alpha value is -1.98. The lowest BCUT2D eigenvalue weighted by Crippen LogP contribution is -2.04. The van der Waals surface area contributed by atoms with Crippen LogP contribution < -0.4 is 0 Å². The molecule has 6 heteroatoms. The second-order valence-electron chi connectivity index (χ2n) is 4.54. The average Bonchev–Trinajstić information content (AvgIpc) is 2.49. The highest BCUT2D eigenvalue weighted by molar-refractivity contribution is 7.91. The maximum absolute atomic E-state index is 12.7. The van der Waals surface area contributed by atoms with Crippen molar-refractivity contribution in [1.29, 1.82) is 0 Å². The first-order chi connectivity index (χ1) is 10.00. The van der Waals surface area contributed by atoms with Crippen LogP contribution in [0.3, 0.4) is 0 Å². The minimum Gasteiger partial charge on any atom is -0.248 e. The Labute approximate surface area is 127 Å². The van der Waals surface area contributed by atoms with Gasteiger partial charge in [0, 0.05) is 0 Å². The summed E-state index contributed by atoms with van der Waals surface area (Å²) < 4.78 is 25.5. The lowest BCUT2D eigenvalue weighted by atomic mass is 10.3. The Kier molecular flexibility index (Phi) is 3.39. The predicted molar refractivity (Wildman–Crippen MR) is 81.2 cm³/mol. The van der Waals surface area contributed by atoms with Crippen molar-refractivity contribution in [2.24, 2.45) is 0 Å². The first kappa shape index (κ1) is 14.0. The van der Waals surface area contributed by atoms with Crippen LogP contribution in [0.25, 0.3) is 11.0 Å². The number of aryl methyl sites for hydroxylation is 1. The van der Waals surface area contributed by atoms with E-state index in [2.05, 4.69) is 9.97 Å². The lowest BCUT2D eigenvalue weighted by Gasteiger charge is -2.08. The van der Waals surface area contributed by atoms with Gasteiger partial charge in [0.05, 0.1) is 21.0 Å². The highest BCUT2D eigenvalue weighted by atomic mass is 35.5. The first-order valence-corrected chi connectivity index (χ1v) is 8.09. The summed E-state index contributed by atoms with van der Waals surface area (Å²) in [4.78, 5) is 8.81. The molecule has 0 radical (unpaired) electrons. The van der Waals surface area contributed by atoms with E-state index in [-0.39, 0.29) is 20.5 Å². The summed E-state index contributed by atoms with van der Waals surface area (Å²) in [6, 6.07) is 13.1. The summed E-state index contributed by atoms with van der Waals surface area (Å²) in [7, 11) is -3.66. The van der Waals surface area contributed by atoms with E-state index in [9.17, 15) is 8.42 Å². The molecular weight excluding hydrogens is 308 g/mol. The van der Waals surface area contributed by atoms with Gasteiger partial charge in [-0.1, -0.05) is 35.9 Å². The van der Waals surface area contributed by atoms with Gasteiger partial charge in [0.2, 0.25) is 9.84 Å². The van der Waals surface area contributed by atoms with Gasteiger partial charge in [-0.25, -0.2) is 18.4 Å². The number of nitrogens with zero attached hydrogens (tertiary/aromatic N) is 2. The summed E-state index contributed by atoms with van der Waals surface area (Å²) >= 11 is 5.99. The number of para-hydroxylation sites is 1. The Morgan fingerprint density at radius 1 is 0.952 bits per heavy atom. The predicted octanol–water partition coefficient (Wildman–Crippen LogP) is 3.42. The van der Waals surface area contributed by atoms with Crippen LogP contribution >= 0.6 is 11.6 Å². The Bertz CT molecular complexity index is 925. The monoisotopic (exact) mass is 318 g/mol. The molecule has 0 spiro atoms. The minimum atomic E-state index is -3.66. The normalized spacial score (nSPS) is 11.7. The highest BCUT2D eigenvalue weighted by Crippen LogP contribution is 2.27. The van der Waals surface area contributed by atoms with E-state index in [1.165, 1.54) is 6.07 Å². The van der Waals surface area contributed by atoms with Gasteiger partial charge >= 0.3 is 0 Å². The maximum Gasteiger partial charge on any atom is 0.208 e. The fourth-order valence-electron chi connectivity index (χ4n) is 2.06. The van der Waals surface area contributed by atoms with Crippen LogP contribution in [-0.2, 0) is 9.84 Å². The summed E-state index contributed by atoms with van der Waals surface area (Å²) in [5.74, 6) is 0. The van der Waals surface area contributed by atoms with Gasteiger partial charge in [-0.05, 0) is 31.2 Å². The average molecular weight is 319 g/mol. The number of aromatic nitrogens is 2. The summed E-state index contributed by atoms with van der Waals surface area (Å²) in [6.45, 7) is 1.73. The van der Waals surface area contributed by atoms with E-state index >= 15 is 0 Å². The molecule has 0 amide bonds. The molecule has 0 saturated carbocycles. The molecule has 1 heterocycles. The maximum atomic E-state index is 12.7. The number of halogens is 1. The van der Waals surface area contributed by atoms with E-state index in [4.69, 9.17) is 11.6 Å². The van der Waals surface area contributed by atoms with E-state index in [1.807, 2.05) is 0 Å². The van der Waals surface area contributed by atoms with Crippen LogP contribution in [0.2, 0.25) is 5.15 Å². The van der Waals surface area contributed by atoms with E-state index < -0.39 is 9.84 Å². The van der Waals surface area contributed by atoms with Crippen molar-refractivity contribution < 1.29 is 8.42 Å². The van der Waals surface area contributed by atoms with Crippen molar-refractivity contribution in [3.8, 4) is 0 Å². The van der Waals surface area contributed by atoms with Gasteiger partial charge in [0.15, 0.2) is 5.15 Å². The lowest BCUT2D eigenvalue weighted by molar-refractivity contribution is 0.597. The fourth-order valence-corrected chi connectivity index (χ4v) is 3.62. The van der Waals surface area contributed by atoms with Gasteiger partial charge in [0.1, 0.15) is 5.52 Å². The molecule has 0 aliphatic rings. The molecule has 0 fully saturated rings. The van der Waals surface area contributed by atoms with Crippen molar-refractivity contribution in [2.75, 3.05) is 0 Å². The van der Waals surface area contributed by atoms with Crippen molar-refractivity contribution in [3.63, 3.8) is 0 Å². The van der Waals surface area contributed by atoms with Crippen LogP contribution in [-0.4, -0.2) is 18.4 Å². The van der Waals surface area contributed by atoms with Crippen molar-refractivity contribution >= 4 is 32.5 Å². The molecule has 0 aliphatic heterocycles.